The van der Waals surface area contributed by atoms with Gasteiger partial charge in [-0.05, 0) is 17.7 Å². The van der Waals surface area contributed by atoms with Crippen LogP contribution in [0.15, 0.2) is 24.5 Å². The van der Waals surface area contributed by atoms with Crippen molar-refractivity contribution in [1.82, 2.24) is 4.98 Å². The lowest BCUT2D eigenvalue weighted by Crippen LogP contribution is -2.09. The lowest BCUT2D eigenvalue weighted by atomic mass is 10.1. The van der Waals surface area contributed by atoms with Crippen LogP contribution in [0.2, 0.25) is 0 Å². The highest BCUT2D eigenvalue weighted by atomic mass is 16.4. The second kappa shape index (κ2) is 4.35. The third kappa shape index (κ3) is 3.46. The van der Waals surface area contributed by atoms with E-state index in [9.17, 15) is 9.59 Å². The summed E-state index contributed by atoms with van der Waals surface area (Å²) < 4.78 is 0. The summed E-state index contributed by atoms with van der Waals surface area (Å²) in [6, 6.07) is 3.39. The zero-order chi connectivity index (χ0) is 9.68. The molecule has 0 aromatic carbocycles. The number of pyridine rings is 1. The second-order valence-corrected chi connectivity index (χ2v) is 2.64. The molecule has 1 aromatic rings. The number of ketones is 1. The van der Waals surface area contributed by atoms with Crippen molar-refractivity contribution >= 4 is 11.8 Å². The minimum atomic E-state index is -1.08. The van der Waals surface area contributed by atoms with E-state index in [0.29, 0.717) is 0 Å². The van der Waals surface area contributed by atoms with Crippen molar-refractivity contribution in [3.05, 3.63) is 30.1 Å². The Morgan fingerprint density at radius 1 is 1.31 bits per heavy atom. The topological polar surface area (TPSA) is 67.3 Å². The van der Waals surface area contributed by atoms with Crippen LogP contribution in [0.3, 0.4) is 0 Å². The molecule has 0 unspecified atom stereocenters. The molecule has 0 atom stereocenters. The fourth-order valence-corrected chi connectivity index (χ4v) is 0.959. The summed E-state index contributed by atoms with van der Waals surface area (Å²) in [6.45, 7) is 0. The Morgan fingerprint density at radius 3 is 2.46 bits per heavy atom. The van der Waals surface area contributed by atoms with E-state index in [2.05, 4.69) is 4.98 Å². The van der Waals surface area contributed by atoms with Gasteiger partial charge in [-0.1, -0.05) is 0 Å². The lowest BCUT2D eigenvalue weighted by Gasteiger charge is -1.96. The number of carboxylic acids is 1. The molecule has 0 fully saturated rings. The molecule has 1 rings (SSSR count). The number of carbonyl (C=O) groups is 2. The van der Waals surface area contributed by atoms with Crippen LogP contribution in [0.1, 0.15) is 12.0 Å². The number of carboxylic acid groups (broad SMARTS) is 1. The highest BCUT2D eigenvalue weighted by Crippen LogP contribution is 1.99. The molecule has 1 heterocycles. The minimum Gasteiger partial charge on any atom is -0.481 e. The average Bonchev–Trinajstić information content (AvgIpc) is 2.04. The fraction of sp³-hybridized carbons (Fsp3) is 0.222. The molecule has 1 N–H and O–H groups in total. The van der Waals surface area contributed by atoms with Crippen LogP contribution in [-0.4, -0.2) is 21.8 Å². The number of hydrogen-bond acceptors (Lipinski definition) is 3. The quantitative estimate of drug-likeness (QED) is 0.690. The highest BCUT2D eigenvalue weighted by molar-refractivity contribution is 5.95. The fourth-order valence-electron chi connectivity index (χ4n) is 0.959. The van der Waals surface area contributed by atoms with Crippen LogP contribution in [0.4, 0.5) is 0 Å². The van der Waals surface area contributed by atoms with Gasteiger partial charge >= 0.3 is 5.97 Å². The van der Waals surface area contributed by atoms with Crippen molar-refractivity contribution in [1.29, 1.82) is 0 Å². The van der Waals surface area contributed by atoms with E-state index in [1.807, 2.05) is 0 Å². The van der Waals surface area contributed by atoms with Crippen molar-refractivity contribution in [3.63, 3.8) is 0 Å². The Kier molecular flexibility index (Phi) is 3.14. The number of Topliss-reactive ketones (excluding diaryl/α,β-unsaturated/α-hetero) is 1. The van der Waals surface area contributed by atoms with Crippen molar-refractivity contribution < 1.29 is 14.7 Å². The van der Waals surface area contributed by atoms with Crippen LogP contribution in [-0.2, 0) is 16.0 Å². The summed E-state index contributed by atoms with van der Waals surface area (Å²) in [5.74, 6) is -1.38. The first kappa shape index (κ1) is 9.38. The van der Waals surface area contributed by atoms with Crippen molar-refractivity contribution in [2.75, 3.05) is 0 Å². The van der Waals surface area contributed by atoms with E-state index < -0.39 is 12.4 Å². The highest BCUT2D eigenvalue weighted by Gasteiger charge is 2.07. The molecule has 0 spiro atoms. The summed E-state index contributed by atoms with van der Waals surface area (Å²) in [5, 5.41) is 8.33. The van der Waals surface area contributed by atoms with Crippen LogP contribution < -0.4 is 0 Å². The molecule has 0 aliphatic rings. The van der Waals surface area contributed by atoms with Gasteiger partial charge in [-0.3, -0.25) is 14.6 Å². The molecule has 68 valence electrons. The number of hydrogen-bond donors (Lipinski definition) is 1. The van der Waals surface area contributed by atoms with E-state index in [1.165, 1.54) is 0 Å². The summed E-state index contributed by atoms with van der Waals surface area (Å²) in [4.78, 5) is 25.0. The Bertz CT molecular complexity index is 308. The van der Waals surface area contributed by atoms with E-state index >= 15 is 0 Å². The van der Waals surface area contributed by atoms with Gasteiger partial charge in [-0.15, -0.1) is 0 Å². The number of rotatable bonds is 4. The first-order chi connectivity index (χ1) is 6.18. The number of carbonyl (C=O) groups excluding carboxylic acids is 1. The Balaban J connectivity index is 2.50. The molecule has 4 nitrogen and oxygen atoms in total. The van der Waals surface area contributed by atoms with Crippen LogP contribution in [0, 0.1) is 0 Å². The Morgan fingerprint density at radius 2 is 1.92 bits per heavy atom. The zero-order valence-corrected chi connectivity index (χ0v) is 6.93. The van der Waals surface area contributed by atoms with Crippen molar-refractivity contribution in [2.45, 2.75) is 12.8 Å². The summed E-state index contributed by atoms with van der Waals surface area (Å²) in [7, 11) is 0. The molecule has 0 aliphatic carbocycles. The van der Waals surface area contributed by atoms with E-state index in [0.717, 1.165) is 5.56 Å². The second-order valence-electron chi connectivity index (χ2n) is 2.64. The molecule has 0 radical (unpaired) electrons. The van der Waals surface area contributed by atoms with Gasteiger partial charge < -0.3 is 5.11 Å². The minimum absolute atomic E-state index is 0.162. The largest absolute Gasteiger partial charge is 0.481 e. The Labute approximate surface area is 75.2 Å². The maximum absolute atomic E-state index is 11.0. The Hall–Kier alpha value is -1.71. The van der Waals surface area contributed by atoms with Crippen LogP contribution in [0.25, 0.3) is 0 Å². The molecule has 0 saturated heterocycles. The molecule has 0 amide bonds. The normalized spacial score (nSPS) is 9.54. The van der Waals surface area contributed by atoms with Gasteiger partial charge in [0.15, 0.2) is 0 Å². The number of aliphatic carboxylic acids is 1. The molecule has 13 heavy (non-hydrogen) atoms. The number of nitrogens with zero attached hydrogens (tertiary/aromatic N) is 1. The van der Waals surface area contributed by atoms with Gasteiger partial charge in [0.1, 0.15) is 12.2 Å². The van der Waals surface area contributed by atoms with Crippen molar-refractivity contribution in [2.24, 2.45) is 0 Å². The predicted octanol–water partition coefficient (Wildman–Crippen LogP) is 0.668. The van der Waals surface area contributed by atoms with Crippen LogP contribution >= 0.6 is 0 Å². The van der Waals surface area contributed by atoms with E-state index in [1.54, 1.807) is 24.5 Å². The monoisotopic (exact) mass is 179 g/mol. The third-order valence-electron chi connectivity index (χ3n) is 1.50. The molecule has 0 bridgehead atoms. The van der Waals surface area contributed by atoms with Gasteiger partial charge in [-0.25, -0.2) is 0 Å². The van der Waals surface area contributed by atoms with Gasteiger partial charge in [0, 0.05) is 18.8 Å². The average molecular weight is 179 g/mol. The third-order valence-corrected chi connectivity index (χ3v) is 1.50. The predicted molar refractivity (Wildman–Crippen MR) is 45.2 cm³/mol. The maximum atomic E-state index is 11.0. The molecule has 4 heteroatoms. The smallest absolute Gasteiger partial charge is 0.310 e. The zero-order valence-electron chi connectivity index (χ0n) is 6.93. The van der Waals surface area contributed by atoms with Gasteiger partial charge in [-0.2, -0.15) is 0 Å². The first-order valence-electron chi connectivity index (χ1n) is 3.81. The summed E-state index contributed by atoms with van der Waals surface area (Å²) in [5.41, 5.74) is 0.793. The summed E-state index contributed by atoms with van der Waals surface area (Å²) in [6.07, 6.45) is 2.89. The molecule has 0 saturated carbocycles. The molecular formula is C9H9NO3. The van der Waals surface area contributed by atoms with Gasteiger partial charge in [0.05, 0.1) is 0 Å². The van der Waals surface area contributed by atoms with Crippen molar-refractivity contribution in [3.8, 4) is 0 Å². The lowest BCUT2D eigenvalue weighted by molar-refractivity contribution is -0.140. The SMILES string of the molecule is O=C(O)CC(=O)Cc1ccncc1. The van der Waals surface area contributed by atoms with Crippen LogP contribution in [0.5, 0.6) is 0 Å². The molecule has 1 aromatic heterocycles. The maximum Gasteiger partial charge on any atom is 0.310 e. The standard InChI is InChI=1S/C9H9NO3/c11-8(6-9(12)13)5-7-1-3-10-4-2-7/h1-4H,5-6H2,(H,12,13). The van der Waals surface area contributed by atoms with Gasteiger partial charge in [0.25, 0.3) is 0 Å². The van der Waals surface area contributed by atoms with E-state index in [4.69, 9.17) is 5.11 Å². The first-order valence-corrected chi connectivity index (χ1v) is 3.81. The molecular weight excluding hydrogens is 170 g/mol. The summed E-state index contributed by atoms with van der Waals surface area (Å²) >= 11 is 0. The van der Waals surface area contributed by atoms with E-state index in [-0.39, 0.29) is 12.2 Å². The van der Waals surface area contributed by atoms with Gasteiger partial charge in [0.2, 0.25) is 0 Å². The number of aromatic nitrogens is 1. The molecule has 0 aliphatic heterocycles.